The number of aromatic nitrogens is 2. The topological polar surface area (TPSA) is 135 Å². The number of amides is 1. The molecule has 6 N–H and O–H groups in total. The van der Waals surface area contributed by atoms with E-state index < -0.39 is 41.5 Å². The molecule has 3 aromatic rings. The zero-order valence-corrected chi connectivity index (χ0v) is 24.7. The van der Waals surface area contributed by atoms with E-state index in [1.165, 1.54) is 12.4 Å². The van der Waals surface area contributed by atoms with Gasteiger partial charge in [-0.15, -0.1) is 10.8 Å². The second kappa shape index (κ2) is 14.4. The molecule has 2 atom stereocenters. The number of benzene rings is 2. The number of hydrogen-bond donors (Lipinski definition) is 6. The minimum Gasteiger partial charge on any atom is -0.390 e. The quantitative estimate of drug-likeness (QED) is 0.162. The molecule has 2 aromatic carbocycles. The predicted octanol–water partition coefficient (Wildman–Crippen LogP) is 4.63. The number of carbonyl (C=O) groups is 1. The van der Waals surface area contributed by atoms with Crippen LogP contribution in [-0.4, -0.2) is 73.6 Å². The standard InChI is InChI=1S/C29H39F3N6O4S/c1-2-34-24-13-23(14-25(15-24)38-10-6-7-11-43(38,41)42)28(40)36-26(12-21-8-4-3-5-9-21)27(39)18-33-16-22-17-35-37(19-22)20-29(30,31)32/h3-5,8-9,13-15,17,19,26-27,33-34,39,41-42H,2,6-7,10-12,16,18,20H2,1H3,(H,36,40)/t26-,27+/m0/s1. The molecule has 0 aliphatic carbocycles. The summed E-state index contributed by atoms with van der Waals surface area (Å²) in [5.41, 5.74) is 2.89. The van der Waals surface area contributed by atoms with Gasteiger partial charge in [-0.2, -0.15) is 18.3 Å². The lowest BCUT2D eigenvalue weighted by Crippen LogP contribution is -2.48. The highest BCUT2D eigenvalue weighted by Crippen LogP contribution is 2.50. The van der Waals surface area contributed by atoms with Gasteiger partial charge in [-0.05, 0) is 49.9 Å². The number of aliphatic hydroxyl groups is 1. The molecule has 1 saturated heterocycles. The molecule has 1 fully saturated rings. The highest BCUT2D eigenvalue weighted by atomic mass is 32.3. The molecule has 0 unspecified atom stereocenters. The number of nitrogens with zero attached hydrogens (tertiary/aromatic N) is 3. The molecular weight excluding hydrogens is 585 g/mol. The first-order valence-corrected chi connectivity index (χ1v) is 15.8. The summed E-state index contributed by atoms with van der Waals surface area (Å²) in [5, 5.41) is 24.0. The lowest BCUT2D eigenvalue weighted by Gasteiger charge is -2.47. The number of aliphatic hydroxyl groups excluding tert-OH is 1. The van der Waals surface area contributed by atoms with Crippen LogP contribution in [0.2, 0.25) is 0 Å². The Morgan fingerprint density at radius 1 is 1.12 bits per heavy atom. The normalized spacial score (nSPS) is 17.2. The van der Waals surface area contributed by atoms with E-state index in [0.717, 1.165) is 16.7 Å². The molecule has 2 heterocycles. The van der Waals surface area contributed by atoms with Crippen LogP contribution < -0.4 is 20.3 Å². The highest BCUT2D eigenvalue weighted by molar-refractivity contribution is 8.25. The highest BCUT2D eigenvalue weighted by Gasteiger charge is 2.30. The first-order valence-electron chi connectivity index (χ1n) is 14.2. The smallest absolute Gasteiger partial charge is 0.390 e. The van der Waals surface area contributed by atoms with E-state index in [1.54, 1.807) is 22.5 Å². The Hall–Kier alpha value is -3.30. The monoisotopic (exact) mass is 624 g/mol. The van der Waals surface area contributed by atoms with Crippen LogP contribution >= 0.6 is 10.8 Å². The van der Waals surface area contributed by atoms with E-state index in [0.29, 0.717) is 48.4 Å². The van der Waals surface area contributed by atoms with Crippen molar-refractivity contribution < 1.29 is 32.2 Å². The number of carbonyl (C=O) groups excluding carboxylic acids is 1. The van der Waals surface area contributed by atoms with Gasteiger partial charge in [0.15, 0.2) is 0 Å². The molecular formula is C29H39F3N6O4S. The van der Waals surface area contributed by atoms with Crippen molar-refractivity contribution in [1.82, 2.24) is 20.4 Å². The van der Waals surface area contributed by atoms with Gasteiger partial charge in [-0.3, -0.25) is 22.9 Å². The minimum atomic E-state index is -4.38. The first-order chi connectivity index (χ1) is 20.4. The Bertz CT molecular complexity index is 1340. The van der Waals surface area contributed by atoms with Gasteiger partial charge >= 0.3 is 6.18 Å². The maximum absolute atomic E-state index is 13.6. The zero-order valence-electron chi connectivity index (χ0n) is 23.9. The molecule has 236 valence electrons. The summed E-state index contributed by atoms with van der Waals surface area (Å²) in [6.45, 7) is 2.01. The Kier molecular flexibility index (Phi) is 11.0. The third-order valence-electron chi connectivity index (χ3n) is 7.02. The first kappa shape index (κ1) is 32.6. The van der Waals surface area contributed by atoms with Crippen LogP contribution in [0.3, 0.4) is 0 Å². The van der Waals surface area contributed by atoms with Crippen LogP contribution in [0.1, 0.15) is 41.3 Å². The van der Waals surface area contributed by atoms with Crippen molar-refractivity contribution in [3.63, 3.8) is 0 Å². The molecule has 43 heavy (non-hydrogen) atoms. The van der Waals surface area contributed by atoms with Gasteiger partial charge in [-0.25, -0.2) is 0 Å². The van der Waals surface area contributed by atoms with E-state index in [-0.39, 0.29) is 18.8 Å². The van der Waals surface area contributed by atoms with Crippen LogP contribution in [-0.2, 0) is 19.5 Å². The van der Waals surface area contributed by atoms with E-state index >= 15 is 0 Å². The second-order valence-corrected chi connectivity index (χ2v) is 12.7. The Labute approximate surface area is 250 Å². The van der Waals surface area contributed by atoms with Gasteiger partial charge < -0.3 is 21.1 Å². The van der Waals surface area contributed by atoms with Crippen molar-refractivity contribution in [2.75, 3.05) is 35.0 Å². The van der Waals surface area contributed by atoms with Crippen molar-refractivity contribution in [3.05, 3.63) is 77.6 Å². The maximum Gasteiger partial charge on any atom is 0.408 e. The van der Waals surface area contributed by atoms with Gasteiger partial charge in [0.05, 0.1) is 29.8 Å². The third kappa shape index (κ3) is 9.60. The fraction of sp³-hybridized carbons (Fsp3) is 0.448. The molecule has 0 bridgehead atoms. The molecule has 0 saturated carbocycles. The molecule has 1 aliphatic heterocycles. The summed E-state index contributed by atoms with van der Waals surface area (Å²) in [6.07, 6.45) is -0.961. The van der Waals surface area contributed by atoms with Crippen LogP contribution in [0, 0.1) is 0 Å². The van der Waals surface area contributed by atoms with Crippen LogP contribution in [0.5, 0.6) is 0 Å². The molecule has 0 radical (unpaired) electrons. The van der Waals surface area contributed by atoms with E-state index in [4.69, 9.17) is 0 Å². The van der Waals surface area contributed by atoms with Gasteiger partial charge in [0.1, 0.15) is 6.54 Å². The second-order valence-electron chi connectivity index (χ2n) is 10.6. The van der Waals surface area contributed by atoms with Gasteiger partial charge in [0.2, 0.25) is 0 Å². The number of alkyl halides is 3. The van der Waals surface area contributed by atoms with Crippen molar-refractivity contribution in [3.8, 4) is 0 Å². The number of nitrogens with one attached hydrogen (secondary N) is 3. The largest absolute Gasteiger partial charge is 0.408 e. The summed E-state index contributed by atoms with van der Waals surface area (Å²) in [6, 6.07) is 13.8. The lowest BCUT2D eigenvalue weighted by molar-refractivity contribution is -0.142. The Morgan fingerprint density at radius 2 is 1.88 bits per heavy atom. The van der Waals surface area contributed by atoms with Gasteiger partial charge in [-0.1, -0.05) is 30.3 Å². The van der Waals surface area contributed by atoms with E-state index in [9.17, 15) is 32.2 Å². The van der Waals surface area contributed by atoms with E-state index in [2.05, 4.69) is 21.0 Å². The van der Waals surface area contributed by atoms with E-state index in [1.807, 2.05) is 37.3 Å². The number of halogens is 3. The lowest BCUT2D eigenvalue weighted by atomic mass is 10.00. The summed E-state index contributed by atoms with van der Waals surface area (Å²) >= 11 is 0. The summed E-state index contributed by atoms with van der Waals surface area (Å²) in [5.74, 6) is -0.176. The maximum atomic E-state index is 13.6. The average Bonchev–Trinajstić information content (AvgIpc) is 3.38. The van der Waals surface area contributed by atoms with Crippen molar-refractivity contribution in [2.24, 2.45) is 0 Å². The molecule has 1 aliphatic rings. The number of rotatable bonds is 13. The van der Waals surface area contributed by atoms with Gasteiger partial charge in [0, 0.05) is 49.2 Å². The number of anilines is 2. The molecule has 1 amide bonds. The minimum absolute atomic E-state index is 0.0552. The molecule has 14 heteroatoms. The molecule has 1 aromatic heterocycles. The Balaban J connectivity index is 1.48. The fourth-order valence-corrected chi connectivity index (χ4v) is 6.65. The fourth-order valence-electron chi connectivity index (χ4n) is 4.98. The third-order valence-corrected chi connectivity index (χ3v) is 8.96. The van der Waals surface area contributed by atoms with Gasteiger partial charge in [0.25, 0.3) is 5.91 Å². The van der Waals surface area contributed by atoms with Crippen molar-refractivity contribution in [2.45, 2.75) is 57.6 Å². The Morgan fingerprint density at radius 3 is 2.58 bits per heavy atom. The SMILES string of the molecule is CCNc1cc(C(=O)N[C@@H](Cc2ccccc2)[C@H](O)CNCc2cnn(CC(F)(F)F)c2)cc(N2CCCCS2(O)O)c1. The predicted molar refractivity (Wildman–Crippen MR) is 162 cm³/mol. The van der Waals surface area contributed by atoms with Crippen molar-refractivity contribution >= 4 is 28.1 Å². The van der Waals surface area contributed by atoms with Crippen LogP contribution in [0.4, 0.5) is 24.5 Å². The average molecular weight is 625 g/mol. The molecule has 0 spiro atoms. The summed E-state index contributed by atoms with van der Waals surface area (Å²) in [7, 11) is -3.00. The van der Waals surface area contributed by atoms with Crippen molar-refractivity contribution in [1.29, 1.82) is 0 Å². The molecule has 4 rings (SSSR count). The van der Waals surface area contributed by atoms with Crippen LogP contribution in [0.25, 0.3) is 0 Å². The molecule has 10 nitrogen and oxygen atoms in total. The zero-order chi connectivity index (χ0) is 31.0. The summed E-state index contributed by atoms with van der Waals surface area (Å²) in [4.78, 5) is 13.6. The summed E-state index contributed by atoms with van der Waals surface area (Å²) < 4.78 is 61.7. The van der Waals surface area contributed by atoms with Crippen LogP contribution in [0.15, 0.2) is 60.9 Å². The number of hydrogen-bond acceptors (Lipinski definition) is 8.